The number of nitro benzene ring substituents is 1. The molecule has 2 N–H and O–H groups in total. The van der Waals surface area contributed by atoms with E-state index in [4.69, 9.17) is 5.11 Å². The molecule has 0 aliphatic rings. The molecule has 0 aliphatic carbocycles. The van der Waals surface area contributed by atoms with Crippen LogP contribution in [0, 0.1) is 29.9 Å². The first-order valence-corrected chi connectivity index (χ1v) is 7.97. The van der Waals surface area contributed by atoms with Crippen molar-refractivity contribution in [2.45, 2.75) is 38.6 Å². The summed E-state index contributed by atoms with van der Waals surface area (Å²) in [5.41, 5.74) is -0.175. The summed E-state index contributed by atoms with van der Waals surface area (Å²) >= 11 is 0. The van der Waals surface area contributed by atoms with E-state index >= 15 is 0 Å². The molecule has 1 atom stereocenters. The second kappa shape index (κ2) is 6.41. The van der Waals surface area contributed by atoms with Gasteiger partial charge in [0.15, 0.2) is 4.90 Å². The standard InChI is InChI=1S/C13H18N2O6S/c1-7(2)10(13(16)17)14-22(20,21)12-9(4)6-5-8(3)11(12)15(18)19/h5-7,10,14H,1-4H3,(H,16,17)/t10-/m0/s1. The Hall–Kier alpha value is -2.00. The largest absolute Gasteiger partial charge is 0.480 e. The predicted octanol–water partition coefficient (Wildman–Crippen LogP) is 1.60. The van der Waals surface area contributed by atoms with E-state index in [9.17, 15) is 23.3 Å². The van der Waals surface area contributed by atoms with Crippen molar-refractivity contribution in [1.29, 1.82) is 0 Å². The Morgan fingerprint density at radius 3 is 2.18 bits per heavy atom. The molecule has 1 aromatic rings. The SMILES string of the molecule is Cc1ccc(C)c(S(=O)(=O)N[C@H](C(=O)O)C(C)C)c1[N+](=O)[O-]. The molecule has 0 heterocycles. The molecule has 0 aromatic heterocycles. The Bertz CT molecular complexity index is 711. The molecule has 0 bridgehead atoms. The highest BCUT2D eigenvalue weighted by Gasteiger charge is 2.34. The quantitative estimate of drug-likeness (QED) is 0.602. The van der Waals surface area contributed by atoms with Gasteiger partial charge in [0.1, 0.15) is 6.04 Å². The molecule has 22 heavy (non-hydrogen) atoms. The minimum Gasteiger partial charge on any atom is -0.480 e. The van der Waals surface area contributed by atoms with Crippen LogP contribution in [0.4, 0.5) is 5.69 Å². The van der Waals surface area contributed by atoms with Gasteiger partial charge in [0, 0.05) is 5.56 Å². The fourth-order valence-corrected chi connectivity index (χ4v) is 3.84. The molecule has 0 unspecified atom stereocenters. The van der Waals surface area contributed by atoms with Gasteiger partial charge in [0.25, 0.3) is 5.69 Å². The van der Waals surface area contributed by atoms with E-state index in [1.54, 1.807) is 13.8 Å². The van der Waals surface area contributed by atoms with Crippen LogP contribution in [0.5, 0.6) is 0 Å². The molecule has 1 rings (SSSR count). The zero-order valence-corrected chi connectivity index (χ0v) is 13.5. The number of carbonyl (C=O) groups is 1. The van der Waals surface area contributed by atoms with E-state index in [0.29, 0.717) is 0 Å². The van der Waals surface area contributed by atoms with Crippen molar-refractivity contribution in [3.63, 3.8) is 0 Å². The van der Waals surface area contributed by atoms with Gasteiger partial charge in [-0.2, -0.15) is 4.72 Å². The lowest BCUT2D eigenvalue weighted by Crippen LogP contribution is -2.44. The highest BCUT2D eigenvalue weighted by atomic mass is 32.2. The van der Waals surface area contributed by atoms with Crippen LogP contribution >= 0.6 is 0 Å². The Labute approximate surface area is 128 Å². The van der Waals surface area contributed by atoms with Crippen LogP contribution in [0.1, 0.15) is 25.0 Å². The lowest BCUT2D eigenvalue weighted by molar-refractivity contribution is -0.388. The van der Waals surface area contributed by atoms with E-state index in [1.807, 2.05) is 4.72 Å². The van der Waals surface area contributed by atoms with Crippen LogP contribution in [-0.4, -0.2) is 30.5 Å². The summed E-state index contributed by atoms with van der Waals surface area (Å²) in [5.74, 6) is -1.86. The number of hydrogen-bond acceptors (Lipinski definition) is 5. The summed E-state index contributed by atoms with van der Waals surface area (Å²) in [6.07, 6.45) is 0. The lowest BCUT2D eigenvalue weighted by atomic mass is 10.1. The molecule has 9 heteroatoms. The Balaban J connectivity index is 3.50. The number of nitro groups is 1. The van der Waals surface area contributed by atoms with Crippen molar-refractivity contribution in [3.8, 4) is 0 Å². The first kappa shape index (κ1) is 18.1. The number of rotatable bonds is 6. The van der Waals surface area contributed by atoms with Crippen molar-refractivity contribution in [2.75, 3.05) is 0 Å². The van der Waals surface area contributed by atoms with Gasteiger partial charge in [-0.1, -0.05) is 26.0 Å². The first-order chi connectivity index (χ1) is 9.99. The maximum Gasteiger partial charge on any atom is 0.322 e. The molecule has 122 valence electrons. The number of carboxylic acid groups (broad SMARTS) is 1. The Morgan fingerprint density at radius 2 is 1.77 bits per heavy atom. The molecule has 8 nitrogen and oxygen atoms in total. The first-order valence-electron chi connectivity index (χ1n) is 6.48. The molecule has 1 aromatic carbocycles. The molecule has 0 fully saturated rings. The van der Waals surface area contributed by atoms with Gasteiger partial charge in [0.2, 0.25) is 10.0 Å². The lowest BCUT2D eigenvalue weighted by Gasteiger charge is -2.19. The number of carboxylic acids is 1. The molecule has 0 spiro atoms. The predicted molar refractivity (Wildman–Crippen MR) is 79.2 cm³/mol. The number of nitrogens with one attached hydrogen (secondary N) is 1. The average molecular weight is 330 g/mol. The zero-order valence-electron chi connectivity index (χ0n) is 12.7. The fraction of sp³-hybridized carbons (Fsp3) is 0.462. The van der Waals surface area contributed by atoms with Crippen LogP contribution in [0.25, 0.3) is 0 Å². The highest BCUT2D eigenvalue weighted by Crippen LogP contribution is 2.30. The molecule has 0 saturated heterocycles. The van der Waals surface area contributed by atoms with Gasteiger partial charge in [-0.25, -0.2) is 8.42 Å². The van der Waals surface area contributed by atoms with Crippen LogP contribution in [-0.2, 0) is 14.8 Å². The summed E-state index contributed by atoms with van der Waals surface area (Å²) < 4.78 is 27.0. The third-order valence-electron chi connectivity index (χ3n) is 3.20. The molecular weight excluding hydrogens is 312 g/mol. The number of sulfonamides is 1. The summed E-state index contributed by atoms with van der Waals surface area (Å²) in [7, 11) is -4.35. The van der Waals surface area contributed by atoms with Crippen LogP contribution < -0.4 is 4.72 Å². The third-order valence-corrected chi connectivity index (χ3v) is 4.81. The maximum absolute atomic E-state index is 12.5. The number of nitrogens with zero attached hydrogens (tertiary/aromatic N) is 1. The molecular formula is C13H18N2O6S. The van der Waals surface area contributed by atoms with E-state index in [2.05, 4.69) is 0 Å². The van der Waals surface area contributed by atoms with E-state index in [1.165, 1.54) is 26.0 Å². The number of benzene rings is 1. The van der Waals surface area contributed by atoms with Gasteiger partial charge in [-0.3, -0.25) is 14.9 Å². The average Bonchev–Trinajstić information content (AvgIpc) is 2.37. The van der Waals surface area contributed by atoms with Gasteiger partial charge >= 0.3 is 5.97 Å². The second-order valence-electron chi connectivity index (χ2n) is 5.32. The highest BCUT2D eigenvalue weighted by molar-refractivity contribution is 7.89. The zero-order chi connectivity index (χ0) is 17.2. The van der Waals surface area contributed by atoms with E-state index in [0.717, 1.165) is 0 Å². The topological polar surface area (TPSA) is 127 Å². The molecule has 0 radical (unpaired) electrons. The summed E-state index contributed by atoms with van der Waals surface area (Å²) in [6, 6.07) is 1.52. The van der Waals surface area contributed by atoms with Crippen molar-refractivity contribution >= 4 is 21.7 Å². The van der Waals surface area contributed by atoms with Crippen molar-refractivity contribution in [2.24, 2.45) is 5.92 Å². The van der Waals surface area contributed by atoms with Crippen molar-refractivity contribution in [3.05, 3.63) is 33.4 Å². The molecule has 0 aliphatic heterocycles. The minimum absolute atomic E-state index is 0.178. The van der Waals surface area contributed by atoms with Gasteiger partial charge in [0.05, 0.1) is 4.92 Å². The van der Waals surface area contributed by atoms with Gasteiger partial charge < -0.3 is 5.11 Å². The Morgan fingerprint density at radius 1 is 1.27 bits per heavy atom. The van der Waals surface area contributed by atoms with Crippen LogP contribution in [0.3, 0.4) is 0 Å². The Kier molecular flexibility index (Phi) is 5.26. The summed E-state index contributed by atoms with van der Waals surface area (Å²) in [5, 5.41) is 20.3. The van der Waals surface area contributed by atoms with Crippen LogP contribution in [0.2, 0.25) is 0 Å². The van der Waals surface area contributed by atoms with Crippen LogP contribution in [0.15, 0.2) is 17.0 Å². The summed E-state index contributed by atoms with van der Waals surface area (Å²) in [6.45, 7) is 5.93. The minimum atomic E-state index is -4.35. The number of aryl methyl sites for hydroxylation is 2. The monoisotopic (exact) mass is 330 g/mol. The van der Waals surface area contributed by atoms with E-state index in [-0.39, 0.29) is 11.1 Å². The van der Waals surface area contributed by atoms with Crippen molar-refractivity contribution in [1.82, 2.24) is 4.72 Å². The van der Waals surface area contributed by atoms with Crippen molar-refractivity contribution < 1.29 is 23.2 Å². The van der Waals surface area contributed by atoms with Gasteiger partial charge in [-0.15, -0.1) is 0 Å². The van der Waals surface area contributed by atoms with Gasteiger partial charge in [-0.05, 0) is 25.3 Å². The number of aliphatic carboxylic acids is 1. The number of hydrogen-bond donors (Lipinski definition) is 2. The summed E-state index contributed by atoms with van der Waals surface area (Å²) in [4.78, 5) is 21.1. The van der Waals surface area contributed by atoms with E-state index < -0.39 is 43.5 Å². The maximum atomic E-state index is 12.5. The second-order valence-corrected chi connectivity index (χ2v) is 6.97. The third kappa shape index (κ3) is 3.60. The fourth-order valence-electron chi connectivity index (χ4n) is 2.03. The smallest absolute Gasteiger partial charge is 0.322 e. The normalized spacial score (nSPS) is 13.1. The molecule has 0 amide bonds. The molecule has 0 saturated carbocycles.